The van der Waals surface area contributed by atoms with E-state index in [1.807, 2.05) is 19.9 Å². The molecular formula is C17H20ClN3O3. The minimum atomic E-state index is -1.04. The zero-order valence-corrected chi connectivity index (χ0v) is 14.5. The van der Waals surface area contributed by atoms with Crippen LogP contribution >= 0.6 is 11.6 Å². The van der Waals surface area contributed by atoms with E-state index in [4.69, 9.17) is 11.6 Å². The molecule has 128 valence electrons. The van der Waals surface area contributed by atoms with Gasteiger partial charge >= 0.3 is 5.97 Å². The Morgan fingerprint density at radius 3 is 2.67 bits per heavy atom. The second-order valence-electron chi connectivity index (χ2n) is 6.03. The first-order valence-corrected chi connectivity index (χ1v) is 8.01. The fourth-order valence-corrected chi connectivity index (χ4v) is 2.61. The number of halogens is 1. The highest BCUT2D eigenvalue weighted by Gasteiger charge is 2.24. The van der Waals surface area contributed by atoms with E-state index in [0.29, 0.717) is 22.7 Å². The summed E-state index contributed by atoms with van der Waals surface area (Å²) in [6.45, 7) is 5.57. The maximum absolute atomic E-state index is 12.4. The summed E-state index contributed by atoms with van der Waals surface area (Å²) in [5, 5.41) is 16.6. The molecule has 0 aliphatic carbocycles. The van der Waals surface area contributed by atoms with Gasteiger partial charge in [0.25, 0.3) is 5.91 Å². The Bertz CT molecular complexity index is 755. The highest BCUT2D eigenvalue weighted by molar-refractivity contribution is 6.30. The summed E-state index contributed by atoms with van der Waals surface area (Å²) in [5.41, 5.74) is 1.68. The first-order valence-electron chi connectivity index (χ1n) is 7.63. The van der Waals surface area contributed by atoms with E-state index in [-0.39, 0.29) is 5.92 Å². The van der Waals surface area contributed by atoms with E-state index in [9.17, 15) is 14.7 Å². The van der Waals surface area contributed by atoms with Crippen molar-refractivity contribution in [3.8, 4) is 5.69 Å². The van der Waals surface area contributed by atoms with E-state index >= 15 is 0 Å². The molecule has 1 atom stereocenters. The molecule has 0 saturated carbocycles. The van der Waals surface area contributed by atoms with E-state index in [0.717, 1.165) is 5.69 Å². The molecule has 0 aliphatic heterocycles. The summed E-state index contributed by atoms with van der Waals surface area (Å²) >= 11 is 5.98. The summed E-state index contributed by atoms with van der Waals surface area (Å²) in [4.78, 5) is 23.7. The van der Waals surface area contributed by atoms with Crippen LogP contribution in [0.15, 0.2) is 30.5 Å². The summed E-state index contributed by atoms with van der Waals surface area (Å²) < 4.78 is 1.60. The van der Waals surface area contributed by atoms with Gasteiger partial charge in [-0.2, -0.15) is 5.10 Å². The van der Waals surface area contributed by atoms with Crippen molar-refractivity contribution in [2.45, 2.75) is 33.2 Å². The van der Waals surface area contributed by atoms with Gasteiger partial charge < -0.3 is 10.4 Å². The van der Waals surface area contributed by atoms with Crippen LogP contribution in [0.2, 0.25) is 5.02 Å². The first kappa shape index (κ1) is 18.0. The number of carbonyl (C=O) groups excluding carboxylic acids is 1. The largest absolute Gasteiger partial charge is 0.480 e. The Morgan fingerprint density at radius 2 is 2.08 bits per heavy atom. The molecule has 0 unspecified atom stereocenters. The van der Waals surface area contributed by atoms with Crippen LogP contribution in [-0.4, -0.2) is 32.8 Å². The van der Waals surface area contributed by atoms with E-state index in [2.05, 4.69) is 10.4 Å². The molecule has 1 amide bonds. The lowest BCUT2D eigenvalue weighted by Gasteiger charge is -2.16. The maximum Gasteiger partial charge on any atom is 0.326 e. The van der Waals surface area contributed by atoms with Crippen molar-refractivity contribution in [3.05, 3.63) is 46.7 Å². The fraction of sp³-hybridized carbons (Fsp3) is 0.353. The van der Waals surface area contributed by atoms with Gasteiger partial charge in [-0.3, -0.25) is 4.79 Å². The number of hydrogen-bond acceptors (Lipinski definition) is 3. The highest BCUT2D eigenvalue weighted by Crippen LogP contribution is 2.18. The van der Waals surface area contributed by atoms with Gasteiger partial charge in [-0.25, -0.2) is 9.48 Å². The maximum atomic E-state index is 12.4. The van der Waals surface area contributed by atoms with Crippen LogP contribution in [0.25, 0.3) is 5.69 Å². The Kier molecular flexibility index (Phi) is 5.62. The van der Waals surface area contributed by atoms with Crippen molar-refractivity contribution >= 4 is 23.5 Å². The van der Waals surface area contributed by atoms with Crippen molar-refractivity contribution in [1.29, 1.82) is 0 Å². The number of amides is 1. The normalized spacial score (nSPS) is 12.2. The number of carboxylic acid groups (broad SMARTS) is 1. The molecule has 2 N–H and O–H groups in total. The second-order valence-corrected chi connectivity index (χ2v) is 6.47. The molecule has 7 heteroatoms. The average molecular weight is 350 g/mol. The van der Waals surface area contributed by atoms with Crippen LogP contribution in [0.3, 0.4) is 0 Å². The third-order valence-corrected chi connectivity index (χ3v) is 3.85. The summed E-state index contributed by atoms with van der Waals surface area (Å²) in [6, 6.07) is 6.18. The van der Waals surface area contributed by atoms with Crippen LogP contribution in [0, 0.1) is 12.8 Å². The molecule has 0 bridgehead atoms. The second kappa shape index (κ2) is 7.49. The number of rotatable bonds is 6. The van der Waals surface area contributed by atoms with Crippen molar-refractivity contribution in [2.24, 2.45) is 5.92 Å². The molecule has 2 aromatic rings. The fourth-order valence-electron chi connectivity index (χ4n) is 2.43. The molecule has 1 aromatic carbocycles. The van der Waals surface area contributed by atoms with Crippen LogP contribution in [0.1, 0.15) is 36.3 Å². The number of nitrogens with one attached hydrogen (secondary N) is 1. The molecular weight excluding hydrogens is 330 g/mol. The molecule has 1 heterocycles. The topological polar surface area (TPSA) is 84.2 Å². The summed E-state index contributed by atoms with van der Waals surface area (Å²) in [7, 11) is 0. The van der Waals surface area contributed by atoms with Crippen LogP contribution in [0.5, 0.6) is 0 Å². The van der Waals surface area contributed by atoms with Crippen LogP contribution < -0.4 is 5.32 Å². The molecule has 0 saturated heterocycles. The highest BCUT2D eigenvalue weighted by atomic mass is 35.5. The van der Waals surface area contributed by atoms with Crippen LogP contribution in [-0.2, 0) is 4.79 Å². The molecule has 0 spiro atoms. The van der Waals surface area contributed by atoms with Crippen LogP contribution in [0.4, 0.5) is 0 Å². The number of aromatic nitrogens is 2. The standard InChI is InChI=1S/C17H20ClN3O3/c1-10(2)7-15(17(23)24)20-16(22)14-9-19-21(11(14)3)13-6-4-5-12(18)8-13/h4-6,8-10,15H,7H2,1-3H3,(H,20,22)(H,23,24)/t15-/m0/s1. The molecule has 2 rings (SSSR count). The van der Waals surface area contributed by atoms with Gasteiger partial charge in [0, 0.05) is 5.02 Å². The number of nitrogens with zero attached hydrogens (tertiary/aromatic N) is 2. The molecule has 1 aromatic heterocycles. The van der Waals surface area contributed by atoms with E-state index in [1.54, 1.807) is 29.8 Å². The van der Waals surface area contributed by atoms with Gasteiger partial charge in [0.1, 0.15) is 6.04 Å². The van der Waals surface area contributed by atoms with Crippen molar-refractivity contribution < 1.29 is 14.7 Å². The first-order chi connectivity index (χ1) is 11.3. The zero-order chi connectivity index (χ0) is 17.9. The van der Waals surface area contributed by atoms with Gasteiger partial charge in [-0.15, -0.1) is 0 Å². The van der Waals surface area contributed by atoms with Crippen molar-refractivity contribution in [3.63, 3.8) is 0 Å². The van der Waals surface area contributed by atoms with Crippen molar-refractivity contribution in [1.82, 2.24) is 15.1 Å². The zero-order valence-electron chi connectivity index (χ0n) is 13.8. The van der Waals surface area contributed by atoms with Gasteiger partial charge in [0.15, 0.2) is 0 Å². The molecule has 0 fully saturated rings. The van der Waals surface area contributed by atoms with E-state index < -0.39 is 17.9 Å². The SMILES string of the molecule is Cc1c(C(=O)N[C@@H](CC(C)C)C(=O)O)cnn1-c1cccc(Cl)c1. The Labute approximate surface area is 145 Å². The lowest BCUT2D eigenvalue weighted by molar-refractivity contribution is -0.139. The average Bonchev–Trinajstić information content (AvgIpc) is 2.87. The molecule has 0 radical (unpaired) electrons. The quantitative estimate of drug-likeness (QED) is 0.839. The Balaban J connectivity index is 2.23. The third kappa shape index (κ3) is 4.14. The number of carbonyl (C=O) groups is 2. The molecule has 0 aliphatic rings. The predicted molar refractivity (Wildman–Crippen MR) is 91.7 cm³/mol. The van der Waals surface area contributed by atoms with Gasteiger partial charge in [-0.05, 0) is 37.5 Å². The number of aliphatic carboxylic acids is 1. The van der Waals surface area contributed by atoms with Gasteiger partial charge in [0.2, 0.25) is 0 Å². The Hall–Kier alpha value is -2.34. The predicted octanol–water partition coefficient (Wildman–Crippen LogP) is 3.06. The number of hydrogen-bond donors (Lipinski definition) is 2. The minimum absolute atomic E-state index is 0.154. The van der Waals surface area contributed by atoms with E-state index in [1.165, 1.54) is 6.20 Å². The summed E-state index contributed by atoms with van der Waals surface area (Å²) in [5.74, 6) is -1.34. The third-order valence-electron chi connectivity index (χ3n) is 3.62. The number of benzene rings is 1. The monoisotopic (exact) mass is 349 g/mol. The summed E-state index contributed by atoms with van der Waals surface area (Å²) in [6.07, 6.45) is 1.79. The molecule has 24 heavy (non-hydrogen) atoms. The lowest BCUT2D eigenvalue weighted by Crippen LogP contribution is -2.41. The smallest absolute Gasteiger partial charge is 0.326 e. The number of carboxylic acids is 1. The molecule has 6 nitrogen and oxygen atoms in total. The minimum Gasteiger partial charge on any atom is -0.480 e. The van der Waals surface area contributed by atoms with Gasteiger partial charge in [0.05, 0.1) is 23.1 Å². The Morgan fingerprint density at radius 1 is 1.38 bits per heavy atom. The lowest BCUT2D eigenvalue weighted by atomic mass is 10.0. The van der Waals surface area contributed by atoms with Gasteiger partial charge in [-0.1, -0.05) is 31.5 Å². The van der Waals surface area contributed by atoms with Crippen molar-refractivity contribution in [2.75, 3.05) is 0 Å².